The molecular formula is C13H23N5. The van der Waals surface area contributed by atoms with Crippen LogP contribution in [0.15, 0.2) is 6.07 Å². The molecule has 0 amide bonds. The first-order chi connectivity index (χ1) is 8.36. The fourth-order valence-corrected chi connectivity index (χ4v) is 1.69. The highest BCUT2D eigenvalue weighted by Gasteiger charge is 2.21. The molecule has 18 heavy (non-hydrogen) atoms. The minimum Gasteiger partial charge on any atom is -0.365 e. The lowest BCUT2D eigenvalue weighted by molar-refractivity contribution is 0.470. The molecule has 1 aromatic rings. The van der Waals surface area contributed by atoms with Crippen molar-refractivity contribution in [3.8, 4) is 0 Å². The van der Waals surface area contributed by atoms with E-state index in [0.29, 0.717) is 6.04 Å². The van der Waals surface area contributed by atoms with Gasteiger partial charge in [-0.2, -0.15) is 4.98 Å². The van der Waals surface area contributed by atoms with Crippen LogP contribution < -0.4 is 15.5 Å². The molecule has 0 aliphatic carbocycles. The summed E-state index contributed by atoms with van der Waals surface area (Å²) in [4.78, 5) is 11.1. The predicted molar refractivity (Wildman–Crippen MR) is 75.3 cm³/mol. The zero-order valence-electron chi connectivity index (χ0n) is 11.9. The highest BCUT2D eigenvalue weighted by atomic mass is 15.2. The molecular weight excluding hydrogens is 226 g/mol. The Morgan fingerprint density at radius 1 is 1.28 bits per heavy atom. The van der Waals surface area contributed by atoms with Gasteiger partial charge in [0.05, 0.1) is 11.7 Å². The minimum absolute atomic E-state index is 0.0298. The topological polar surface area (TPSA) is 53.1 Å². The summed E-state index contributed by atoms with van der Waals surface area (Å²) >= 11 is 0. The van der Waals surface area contributed by atoms with Crippen molar-refractivity contribution in [2.45, 2.75) is 32.2 Å². The maximum atomic E-state index is 4.61. The molecule has 100 valence electrons. The van der Waals surface area contributed by atoms with E-state index in [4.69, 9.17) is 0 Å². The number of rotatable bonds is 3. The first kappa shape index (κ1) is 13.1. The number of hydrogen-bond donors (Lipinski definition) is 2. The zero-order chi connectivity index (χ0) is 13.3. The molecule has 0 unspecified atom stereocenters. The van der Waals surface area contributed by atoms with Gasteiger partial charge in [-0.05, 0) is 0 Å². The quantitative estimate of drug-likeness (QED) is 0.843. The fourth-order valence-electron chi connectivity index (χ4n) is 1.69. The largest absolute Gasteiger partial charge is 0.365 e. The van der Waals surface area contributed by atoms with Crippen LogP contribution in [0.5, 0.6) is 0 Å². The molecule has 1 saturated heterocycles. The van der Waals surface area contributed by atoms with Gasteiger partial charge in [-0.25, -0.2) is 4.98 Å². The molecule has 1 aliphatic rings. The third-order valence-electron chi connectivity index (χ3n) is 3.02. The van der Waals surface area contributed by atoms with E-state index in [9.17, 15) is 0 Å². The van der Waals surface area contributed by atoms with Crippen molar-refractivity contribution in [2.24, 2.45) is 0 Å². The van der Waals surface area contributed by atoms with E-state index in [1.807, 2.05) is 19.0 Å². The third kappa shape index (κ3) is 2.90. The van der Waals surface area contributed by atoms with Crippen molar-refractivity contribution >= 4 is 11.8 Å². The average molecular weight is 249 g/mol. The van der Waals surface area contributed by atoms with Crippen LogP contribution in [0, 0.1) is 0 Å². The van der Waals surface area contributed by atoms with Gasteiger partial charge in [-0.1, -0.05) is 20.8 Å². The van der Waals surface area contributed by atoms with Crippen molar-refractivity contribution in [1.82, 2.24) is 15.3 Å². The van der Waals surface area contributed by atoms with Crippen LogP contribution in [0.25, 0.3) is 0 Å². The molecule has 2 rings (SSSR count). The van der Waals surface area contributed by atoms with Crippen LogP contribution in [-0.2, 0) is 5.41 Å². The summed E-state index contributed by atoms with van der Waals surface area (Å²) in [6, 6.07) is 2.55. The first-order valence-corrected chi connectivity index (χ1v) is 6.40. The van der Waals surface area contributed by atoms with Gasteiger partial charge in [0.15, 0.2) is 0 Å². The smallest absolute Gasteiger partial charge is 0.227 e. The highest BCUT2D eigenvalue weighted by molar-refractivity contribution is 5.45. The van der Waals surface area contributed by atoms with Crippen molar-refractivity contribution in [2.75, 3.05) is 37.4 Å². The maximum Gasteiger partial charge on any atom is 0.227 e. The van der Waals surface area contributed by atoms with Gasteiger partial charge in [-0.15, -0.1) is 0 Å². The van der Waals surface area contributed by atoms with Crippen molar-refractivity contribution < 1.29 is 0 Å². The third-order valence-corrected chi connectivity index (χ3v) is 3.02. The fraction of sp³-hybridized carbons (Fsp3) is 0.692. The SMILES string of the molecule is CN(C)c1nc(NC2CNC2)cc(C(C)(C)C)n1. The highest BCUT2D eigenvalue weighted by Crippen LogP contribution is 2.24. The average Bonchev–Trinajstić information content (AvgIpc) is 2.22. The zero-order valence-corrected chi connectivity index (χ0v) is 11.9. The molecule has 2 heterocycles. The van der Waals surface area contributed by atoms with Gasteiger partial charge in [0.1, 0.15) is 5.82 Å². The van der Waals surface area contributed by atoms with Crippen LogP contribution in [0.1, 0.15) is 26.5 Å². The Balaban J connectivity index is 2.29. The molecule has 0 aromatic carbocycles. The number of anilines is 2. The molecule has 0 radical (unpaired) electrons. The summed E-state index contributed by atoms with van der Waals surface area (Å²) in [5.74, 6) is 1.68. The maximum absolute atomic E-state index is 4.61. The Hall–Kier alpha value is -1.36. The second-order valence-electron chi connectivity index (χ2n) is 6.08. The van der Waals surface area contributed by atoms with Crippen LogP contribution >= 0.6 is 0 Å². The van der Waals surface area contributed by atoms with E-state index in [2.05, 4.69) is 47.4 Å². The Morgan fingerprint density at radius 3 is 2.39 bits per heavy atom. The molecule has 1 aliphatic heterocycles. The van der Waals surface area contributed by atoms with E-state index >= 15 is 0 Å². The Labute approximate surface area is 109 Å². The van der Waals surface area contributed by atoms with Crippen LogP contribution in [0.4, 0.5) is 11.8 Å². The van der Waals surface area contributed by atoms with Crippen molar-refractivity contribution in [1.29, 1.82) is 0 Å². The lowest BCUT2D eigenvalue weighted by Gasteiger charge is -2.29. The van der Waals surface area contributed by atoms with E-state index < -0.39 is 0 Å². The Bertz CT molecular complexity index is 418. The molecule has 5 heteroatoms. The van der Waals surface area contributed by atoms with Gasteiger partial charge in [0.25, 0.3) is 0 Å². The van der Waals surface area contributed by atoms with E-state index in [-0.39, 0.29) is 5.41 Å². The first-order valence-electron chi connectivity index (χ1n) is 6.40. The Kier molecular flexibility index (Phi) is 3.43. The summed E-state index contributed by atoms with van der Waals surface area (Å²) in [6.45, 7) is 8.52. The molecule has 2 N–H and O–H groups in total. The molecule has 0 spiro atoms. The van der Waals surface area contributed by atoms with Crippen LogP contribution in [-0.4, -0.2) is 43.2 Å². The second kappa shape index (κ2) is 4.72. The number of nitrogens with zero attached hydrogens (tertiary/aromatic N) is 3. The lowest BCUT2D eigenvalue weighted by Crippen LogP contribution is -2.51. The number of aromatic nitrogens is 2. The van der Waals surface area contributed by atoms with E-state index in [1.165, 1.54) is 0 Å². The Morgan fingerprint density at radius 2 is 1.94 bits per heavy atom. The summed E-state index contributed by atoms with van der Waals surface area (Å²) in [7, 11) is 3.94. The van der Waals surface area contributed by atoms with Gasteiger partial charge in [0.2, 0.25) is 5.95 Å². The molecule has 1 fully saturated rings. The lowest BCUT2D eigenvalue weighted by atomic mass is 9.92. The van der Waals surface area contributed by atoms with Crippen LogP contribution in [0.2, 0.25) is 0 Å². The second-order valence-corrected chi connectivity index (χ2v) is 6.08. The summed E-state index contributed by atoms with van der Waals surface area (Å²) < 4.78 is 0. The van der Waals surface area contributed by atoms with Crippen LogP contribution in [0.3, 0.4) is 0 Å². The normalized spacial score (nSPS) is 16.3. The van der Waals surface area contributed by atoms with Gasteiger partial charge >= 0.3 is 0 Å². The molecule has 5 nitrogen and oxygen atoms in total. The van der Waals surface area contributed by atoms with Gasteiger partial charge in [0, 0.05) is 38.7 Å². The number of hydrogen-bond acceptors (Lipinski definition) is 5. The standard InChI is InChI=1S/C13H23N5/c1-13(2,3)10-6-11(15-9-7-14-8-9)17-12(16-10)18(4)5/h6,9,14H,7-8H2,1-5H3,(H,15,16,17). The van der Waals surface area contributed by atoms with Crippen molar-refractivity contribution in [3.05, 3.63) is 11.8 Å². The summed E-state index contributed by atoms with van der Waals surface area (Å²) in [5.41, 5.74) is 1.10. The van der Waals surface area contributed by atoms with Crippen molar-refractivity contribution in [3.63, 3.8) is 0 Å². The molecule has 0 bridgehead atoms. The number of nitrogens with one attached hydrogen (secondary N) is 2. The minimum atomic E-state index is 0.0298. The summed E-state index contributed by atoms with van der Waals surface area (Å²) in [6.07, 6.45) is 0. The molecule has 0 saturated carbocycles. The molecule has 1 aromatic heterocycles. The van der Waals surface area contributed by atoms with Gasteiger partial charge < -0.3 is 15.5 Å². The molecule has 0 atom stereocenters. The van der Waals surface area contributed by atoms with E-state index in [0.717, 1.165) is 30.5 Å². The monoisotopic (exact) mass is 249 g/mol. The summed E-state index contributed by atoms with van der Waals surface area (Å²) in [5, 5.41) is 6.69. The predicted octanol–water partition coefficient (Wildman–Crippen LogP) is 1.22. The van der Waals surface area contributed by atoms with Gasteiger partial charge in [-0.3, -0.25) is 0 Å². The van der Waals surface area contributed by atoms with E-state index in [1.54, 1.807) is 0 Å².